The van der Waals surface area contributed by atoms with Crippen LogP contribution in [0, 0.1) is 0 Å². The summed E-state index contributed by atoms with van der Waals surface area (Å²) in [5.41, 5.74) is 14.4. The number of imidazole rings is 1. The maximum absolute atomic E-state index is 6.97. The minimum atomic E-state index is -0.223. The molecule has 48 heavy (non-hydrogen) atoms. The zero-order valence-electron chi connectivity index (χ0n) is 26.5. The molecule has 10 aromatic rings. The van der Waals surface area contributed by atoms with Crippen LogP contribution in [0.2, 0.25) is 0 Å². The molecule has 0 aliphatic heterocycles. The average Bonchev–Trinajstić information content (AvgIpc) is 3.85. The van der Waals surface area contributed by atoms with Gasteiger partial charge in [-0.2, -0.15) is 0 Å². The molecule has 4 nitrogen and oxygen atoms in total. The summed E-state index contributed by atoms with van der Waals surface area (Å²) in [5.74, 6) is 1.04. The van der Waals surface area contributed by atoms with E-state index in [1.807, 2.05) is 0 Å². The van der Waals surface area contributed by atoms with Gasteiger partial charge in [0.15, 0.2) is 5.58 Å². The summed E-state index contributed by atoms with van der Waals surface area (Å²) in [4.78, 5) is 5.25. The second-order valence-electron chi connectivity index (χ2n) is 13.6. The van der Waals surface area contributed by atoms with Crippen LogP contribution >= 0.6 is 0 Å². The summed E-state index contributed by atoms with van der Waals surface area (Å²) in [5, 5.41) is 4.73. The lowest BCUT2D eigenvalue weighted by Gasteiger charge is -2.18. The molecule has 4 heteroatoms. The van der Waals surface area contributed by atoms with Gasteiger partial charge in [-0.25, -0.2) is 4.98 Å². The molecule has 6 aromatic carbocycles. The van der Waals surface area contributed by atoms with E-state index in [0.717, 1.165) is 66.6 Å². The number of rotatable bonds is 2. The van der Waals surface area contributed by atoms with Crippen LogP contribution in [0.3, 0.4) is 0 Å². The van der Waals surface area contributed by atoms with E-state index >= 15 is 0 Å². The first-order valence-corrected chi connectivity index (χ1v) is 16.6. The number of pyridine rings is 1. The maximum atomic E-state index is 6.97. The third kappa shape index (κ3) is 3.22. The van der Waals surface area contributed by atoms with Crippen molar-refractivity contribution in [1.82, 2.24) is 14.0 Å². The molecule has 0 radical (unpaired) electrons. The SMILES string of the molecule is CC1(C)c2ccccc2-c2c1oc1c3cc(-c4ccc5c(c4)nc4c6ccccc6c6ccccc6n54)ccc3n(-c3ccccc3)c21. The number of furan rings is 1. The molecule has 226 valence electrons. The number of para-hydroxylation sites is 2. The van der Waals surface area contributed by atoms with Crippen LogP contribution < -0.4 is 0 Å². The molecule has 0 N–H and O–H groups in total. The molecule has 4 aromatic heterocycles. The lowest BCUT2D eigenvalue weighted by Crippen LogP contribution is -2.14. The van der Waals surface area contributed by atoms with Gasteiger partial charge in [-0.15, -0.1) is 0 Å². The smallest absolute Gasteiger partial charge is 0.161 e. The molecule has 0 unspecified atom stereocenters. The zero-order valence-corrected chi connectivity index (χ0v) is 26.5. The molecule has 0 fully saturated rings. The Morgan fingerprint density at radius 3 is 2.12 bits per heavy atom. The minimum absolute atomic E-state index is 0.223. The number of aromatic nitrogens is 3. The van der Waals surface area contributed by atoms with Crippen molar-refractivity contribution in [2.24, 2.45) is 0 Å². The number of benzene rings is 6. The average molecular weight is 616 g/mol. The van der Waals surface area contributed by atoms with E-state index in [4.69, 9.17) is 9.40 Å². The standard InChI is InChI=1S/C44H29N3O/c1-44(2)34-18-10-8-17-32(34)39-40-41(48-42(39)44)33-24-26(20-22-37(33)46(40)28-12-4-3-5-13-28)27-21-23-38-35(25-27)45-43-31-16-7-6-14-29(31)30-15-9-11-19-36(30)47(38)43/h3-25H,1-2H3. The van der Waals surface area contributed by atoms with E-state index < -0.39 is 0 Å². The normalized spacial score (nSPS) is 13.8. The highest BCUT2D eigenvalue weighted by atomic mass is 16.3. The van der Waals surface area contributed by atoms with E-state index in [0.29, 0.717) is 0 Å². The van der Waals surface area contributed by atoms with Gasteiger partial charge in [0.1, 0.15) is 16.9 Å². The van der Waals surface area contributed by atoms with Gasteiger partial charge in [0.2, 0.25) is 0 Å². The van der Waals surface area contributed by atoms with Crippen LogP contribution in [0.4, 0.5) is 0 Å². The molecule has 11 rings (SSSR count). The fourth-order valence-corrected chi connectivity index (χ4v) is 8.43. The Balaban J connectivity index is 1.17. The monoisotopic (exact) mass is 615 g/mol. The van der Waals surface area contributed by atoms with Gasteiger partial charge in [0, 0.05) is 32.8 Å². The predicted molar refractivity (Wildman–Crippen MR) is 197 cm³/mol. The van der Waals surface area contributed by atoms with Gasteiger partial charge in [-0.1, -0.05) is 97.1 Å². The summed E-state index contributed by atoms with van der Waals surface area (Å²) in [7, 11) is 0. The molecular weight excluding hydrogens is 587 g/mol. The first-order chi connectivity index (χ1) is 23.6. The molecule has 0 bridgehead atoms. The third-order valence-corrected chi connectivity index (χ3v) is 10.6. The van der Waals surface area contributed by atoms with Crippen molar-refractivity contribution in [3.8, 4) is 27.9 Å². The molecule has 0 atom stereocenters. The summed E-state index contributed by atoms with van der Waals surface area (Å²) in [6.45, 7) is 4.55. The molecule has 1 aliphatic carbocycles. The second-order valence-corrected chi connectivity index (χ2v) is 13.6. The highest BCUT2D eigenvalue weighted by molar-refractivity contribution is 6.15. The van der Waals surface area contributed by atoms with Gasteiger partial charge in [0.25, 0.3) is 0 Å². The van der Waals surface area contributed by atoms with Crippen LogP contribution in [-0.4, -0.2) is 14.0 Å². The van der Waals surface area contributed by atoms with Crippen molar-refractivity contribution in [1.29, 1.82) is 0 Å². The quantitative estimate of drug-likeness (QED) is 0.181. The lowest BCUT2D eigenvalue weighted by atomic mass is 9.86. The first kappa shape index (κ1) is 26.0. The molecule has 0 spiro atoms. The highest BCUT2D eigenvalue weighted by Crippen LogP contribution is 2.55. The number of hydrogen-bond donors (Lipinski definition) is 0. The molecule has 1 aliphatic rings. The summed E-state index contributed by atoms with van der Waals surface area (Å²) in [6.07, 6.45) is 0. The fourth-order valence-electron chi connectivity index (χ4n) is 8.43. The molecule has 0 saturated heterocycles. The van der Waals surface area contributed by atoms with E-state index in [9.17, 15) is 0 Å². The Morgan fingerprint density at radius 1 is 0.583 bits per heavy atom. The summed E-state index contributed by atoms with van der Waals surface area (Å²) in [6, 6.07) is 50.1. The minimum Gasteiger partial charge on any atom is -0.457 e. The largest absolute Gasteiger partial charge is 0.457 e. The van der Waals surface area contributed by atoms with Crippen LogP contribution in [0.1, 0.15) is 25.2 Å². The Hall–Kier alpha value is -6.13. The van der Waals surface area contributed by atoms with E-state index in [1.54, 1.807) is 0 Å². The Bertz CT molecular complexity index is 2970. The van der Waals surface area contributed by atoms with E-state index in [2.05, 4.69) is 162 Å². The van der Waals surface area contributed by atoms with Crippen molar-refractivity contribution in [2.45, 2.75) is 19.3 Å². The topological polar surface area (TPSA) is 35.4 Å². The second kappa shape index (κ2) is 9.02. The van der Waals surface area contributed by atoms with Crippen LogP contribution in [0.5, 0.6) is 0 Å². The number of fused-ring (bicyclic) bond motifs is 15. The van der Waals surface area contributed by atoms with Gasteiger partial charge < -0.3 is 8.98 Å². The number of nitrogens with zero attached hydrogens (tertiary/aromatic N) is 3. The van der Waals surface area contributed by atoms with Crippen molar-refractivity contribution in [2.75, 3.05) is 0 Å². The van der Waals surface area contributed by atoms with E-state index in [-0.39, 0.29) is 5.41 Å². The Labute approximate surface area is 276 Å². The molecular formula is C44H29N3O. The van der Waals surface area contributed by atoms with Gasteiger partial charge >= 0.3 is 0 Å². The van der Waals surface area contributed by atoms with Gasteiger partial charge in [0.05, 0.1) is 22.1 Å². The molecule has 4 heterocycles. The Kier molecular flexibility index (Phi) is 4.88. The van der Waals surface area contributed by atoms with Crippen LogP contribution in [-0.2, 0) is 5.41 Å². The number of hydrogen-bond acceptors (Lipinski definition) is 2. The Morgan fingerprint density at radius 2 is 1.27 bits per heavy atom. The van der Waals surface area contributed by atoms with Crippen molar-refractivity contribution < 1.29 is 4.42 Å². The highest BCUT2D eigenvalue weighted by Gasteiger charge is 2.42. The summed E-state index contributed by atoms with van der Waals surface area (Å²) < 4.78 is 11.7. The summed E-state index contributed by atoms with van der Waals surface area (Å²) >= 11 is 0. The van der Waals surface area contributed by atoms with Gasteiger partial charge in [-0.05, 0) is 84.0 Å². The molecule has 0 amide bonds. The zero-order chi connectivity index (χ0) is 31.7. The van der Waals surface area contributed by atoms with Crippen molar-refractivity contribution in [3.63, 3.8) is 0 Å². The first-order valence-electron chi connectivity index (χ1n) is 16.6. The van der Waals surface area contributed by atoms with Crippen molar-refractivity contribution >= 4 is 60.4 Å². The maximum Gasteiger partial charge on any atom is 0.161 e. The van der Waals surface area contributed by atoms with Crippen LogP contribution in [0.25, 0.3) is 88.3 Å². The van der Waals surface area contributed by atoms with Gasteiger partial charge in [-0.3, -0.25) is 4.40 Å². The predicted octanol–water partition coefficient (Wildman–Crippen LogP) is 11.5. The van der Waals surface area contributed by atoms with Crippen molar-refractivity contribution in [3.05, 3.63) is 151 Å². The van der Waals surface area contributed by atoms with Crippen LogP contribution in [0.15, 0.2) is 144 Å². The fraction of sp³-hybridized carbons (Fsp3) is 0.0682. The molecule has 0 saturated carbocycles. The third-order valence-electron chi connectivity index (χ3n) is 10.6. The lowest BCUT2D eigenvalue weighted by molar-refractivity contribution is 0.466. The van der Waals surface area contributed by atoms with E-state index in [1.165, 1.54) is 33.0 Å².